The molecule has 96 valence electrons. The third kappa shape index (κ3) is 1.84. The van der Waals surface area contributed by atoms with E-state index in [1.165, 1.54) is 6.42 Å². The molecule has 18 heavy (non-hydrogen) atoms. The minimum Gasteiger partial charge on any atom is -0.461 e. The molecular weight excluding hydrogens is 230 g/mol. The summed E-state index contributed by atoms with van der Waals surface area (Å²) in [6, 6.07) is 1.89. The fourth-order valence-corrected chi connectivity index (χ4v) is 2.47. The zero-order valence-corrected chi connectivity index (χ0v) is 10.5. The number of nitrogens with zero attached hydrogens (tertiary/aromatic N) is 2. The number of nitrogens with two attached hydrogens (primary N) is 1. The predicted octanol–water partition coefficient (Wildman–Crippen LogP) is 2.31. The minimum absolute atomic E-state index is 0.183. The van der Waals surface area contributed by atoms with Crippen LogP contribution in [-0.2, 0) is 6.42 Å². The fraction of sp³-hybridized carbons (Fsp3) is 0.538. The Morgan fingerprint density at radius 2 is 2.28 bits per heavy atom. The van der Waals surface area contributed by atoms with Gasteiger partial charge in [0.2, 0.25) is 11.7 Å². The number of aromatic nitrogens is 2. The molecule has 3 rings (SSSR count). The van der Waals surface area contributed by atoms with E-state index in [0.717, 1.165) is 24.8 Å². The van der Waals surface area contributed by atoms with Crippen LogP contribution in [-0.4, -0.2) is 16.7 Å². The molecule has 1 aliphatic rings. The fourth-order valence-electron chi connectivity index (χ4n) is 2.47. The van der Waals surface area contributed by atoms with Crippen LogP contribution in [0.1, 0.15) is 30.7 Å². The Morgan fingerprint density at radius 3 is 2.83 bits per heavy atom. The third-order valence-corrected chi connectivity index (χ3v) is 3.91. The quantitative estimate of drug-likeness (QED) is 0.896. The first kappa shape index (κ1) is 11.5. The highest BCUT2D eigenvalue weighted by atomic mass is 16.5. The van der Waals surface area contributed by atoms with Crippen LogP contribution in [0.25, 0.3) is 11.6 Å². The summed E-state index contributed by atoms with van der Waals surface area (Å²) in [5, 5.41) is 3.98. The van der Waals surface area contributed by atoms with E-state index in [2.05, 4.69) is 10.1 Å². The van der Waals surface area contributed by atoms with Crippen molar-refractivity contribution in [2.24, 2.45) is 11.1 Å². The van der Waals surface area contributed by atoms with Crippen molar-refractivity contribution in [1.82, 2.24) is 10.1 Å². The largest absolute Gasteiger partial charge is 0.461 e. The van der Waals surface area contributed by atoms with Crippen molar-refractivity contribution < 1.29 is 8.94 Å². The minimum atomic E-state index is 0.183. The zero-order chi connectivity index (χ0) is 12.6. The van der Waals surface area contributed by atoms with Crippen molar-refractivity contribution in [3.8, 4) is 11.6 Å². The van der Waals surface area contributed by atoms with Crippen LogP contribution in [0.3, 0.4) is 0 Å². The first-order valence-electron chi connectivity index (χ1n) is 6.30. The van der Waals surface area contributed by atoms with Crippen LogP contribution in [0, 0.1) is 12.3 Å². The van der Waals surface area contributed by atoms with Gasteiger partial charge in [-0.25, -0.2) is 0 Å². The van der Waals surface area contributed by atoms with Gasteiger partial charge in [-0.2, -0.15) is 4.98 Å². The van der Waals surface area contributed by atoms with Gasteiger partial charge in [0, 0.05) is 6.42 Å². The van der Waals surface area contributed by atoms with E-state index in [1.54, 1.807) is 6.26 Å². The van der Waals surface area contributed by atoms with E-state index in [0.29, 0.717) is 24.0 Å². The Morgan fingerprint density at radius 1 is 1.44 bits per heavy atom. The maximum absolute atomic E-state index is 5.83. The van der Waals surface area contributed by atoms with Crippen molar-refractivity contribution >= 4 is 0 Å². The molecular formula is C13H17N3O2. The van der Waals surface area contributed by atoms with E-state index < -0.39 is 0 Å². The Bertz CT molecular complexity index is 534. The second-order valence-electron chi connectivity index (χ2n) is 5.18. The van der Waals surface area contributed by atoms with Gasteiger partial charge in [-0.05, 0) is 43.4 Å². The Labute approximate surface area is 105 Å². The van der Waals surface area contributed by atoms with Gasteiger partial charge in [-0.1, -0.05) is 11.6 Å². The summed E-state index contributed by atoms with van der Waals surface area (Å²) < 4.78 is 10.7. The van der Waals surface area contributed by atoms with E-state index >= 15 is 0 Å². The smallest absolute Gasteiger partial charge is 0.238 e. The average molecular weight is 247 g/mol. The SMILES string of the molecule is Cc1ccoc1-c1noc(CC2(CN)CCC2)n1. The number of rotatable bonds is 4. The standard InChI is InChI=1S/C13H17N3O2/c1-9-3-6-17-11(9)12-15-10(18-16-12)7-13(8-14)4-2-5-13/h3,6H,2,4-5,7-8,14H2,1H3. The highest BCUT2D eigenvalue weighted by Gasteiger charge is 2.37. The van der Waals surface area contributed by atoms with Crippen molar-refractivity contribution in [3.05, 3.63) is 23.8 Å². The van der Waals surface area contributed by atoms with Crippen molar-refractivity contribution in [3.63, 3.8) is 0 Å². The van der Waals surface area contributed by atoms with E-state index in [9.17, 15) is 0 Å². The molecule has 0 unspecified atom stereocenters. The van der Waals surface area contributed by atoms with Gasteiger partial charge >= 0.3 is 0 Å². The van der Waals surface area contributed by atoms with E-state index in [4.69, 9.17) is 14.7 Å². The molecule has 5 nitrogen and oxygen atoms in total. The summed E-state index contributed by atoms with van der Waals surface area (Å²) in [4.78, 5) is 4.40. The average Bonchev–Trinajstić information content (AvgIpc) is 2.92. The topological polar surface area (TPSA) is 78.1 Å². The van der Waals surface area contributed by atoms with Gasteiger partial charge in [0.25, 0.3) is 0 Å². The highest BCUT2D eigenvalue weighted by molar-refractivity contribution is 5.50. The van der Waals surface area contributed by atoms with E-state index in [-0.39, 0.29) is 5.41 Å². The lowest BCUT2D eigenvalue weighted by atomic mass is 9.67. The van der Waals surface area contributed by atoms with Gasteiger partial charge in [0.05, 0.1) is 6.26 Å². The van der Waals surface area contributed by atoms with Gasteiger partial charge < -0.3 is 14.7 Å². The van der Waals surface area contributed by atoms with Crippen molar-refractivity contribution in [2.45, 2.75) is 32.6 Å². The lowest BCUT2D eigenvalue weighted by Crippen LogP contribution is -2.39. The summed E-state index contributed by atoms with van der Waals surface area (Å²) >= 11 is 0. The molecule has 2 aromatic rings. The maximum atomic E-state index is 5.83. The monoisotopic (exact) mass is 247 g/mol. The summed E-state index contributed by atoms with van der Waals surface area (Å²) in [5.41, 5.74) is 7.03. The maximum Gasteiger partial charge on any atom is 0.238 e. The highest BCUT2D eigenvalue weighted by Crippen LogP contribution is 2.42. The molecule has 0 atom stereocenters. The van der Waals surface area contributed by atoms with Crippen LogP contribution < -0.4 is 5.73 Å². The summed E-state index contributed by atoms with van der Waals surface area (Å²) in [7, 11) is 0. The lowest BCUT2D eigenvalue weighted by Gasteiger charge is -2.39. The summed E-state index contributed by atoms with van der Waals surface area (Å²) in [6.45, 7) is 2.65. The molecule has 1 saturated carbocycles. The Kier molecular flexibility index (Phi) is 2.70. The molecule has 1 aliphatic carbocycles. The van der Waals surface area contributed by atoms with Crippen LogP contribution in [0.4, 0.5) is 0 Å². The van der Waals surface area contributed by atoms with Crippen LogP contribution >= 0.6 is 0 Å². The molecule has 2 N–H and O–H groups in total. The van der Waals surface area contributed by atoms with Crippen LogP contribution in [0.5, 0.6) is 0 Å². The first-order chi connectivity index (χ1) is 8.72. The number of hydrogen-bond acceptors (Lipinski definition) is 5. The zero-order valence-electron chi connectivity index (χ0n) is 10.5. The molecule has 1 fully saturated rings. The second kappa shape index (κ2) is 4.24. The first-order valence-corrected chi connectivity index (χ1v) is 6.30. The van der Waals surface area contributed by atoms with Crippen LogP contribution in [0.2, 0.25) is 0 Å². The molecule has 0 radical (unpaired) electrons. The van der Waals surface area contributed by atoms with Gasteiger partial charge in [-0.15, -0.1) is 0 Å². The summed E-state index contributed by atoms with van der Waals surface area (Å²) in [6.07, 6.45) is 5.96. The van der Waals surface area contributed by atoms with Gasteiger partial charge in [-0.3, -0.25) is 0 Å². The molecule has 0 spiro atoms. The second-order valence-corrected chi connectivity index (χ2v) is 5.18. The van der Waals surface area contributed by atoms with Gasteiger partial charge in [0.1, 0.15) is 0 Å². The lowest BCUT2D eigenvalue weighted by molar-refractivity contribution is 0.129. The number of furan rings is 1. The van der Waals surface area contributed by atoms with E-state index in [1.807, 2.05) is 13.0 Å². The molecule has 2 heterocycles. The molecule has 5 heteroatoms. The Hall–Kier alpha value is -1.62. The molecule has 0 aromatic carbocycles. The molecule has 2 aromatic heterocycles. The van der Waals surface area contributed by atoms with Crippen molar-refractivity contribution in [2.75, 3.05) is 6.54 Å². The molecule has 0 saturated heterocycles. The predicted molar refractivity (Wildman–Crippen MR) is 65.8 cm³/mol. The normalized spacial score (nSPS) is 17.7. The molecule has 0 aliphatic heterocycles. The number of hydrogen-bond donors (Lipinski definition) is 1. The third-order valence-electron chi connectivity index (χ3n) is 3.91. The number of aryl methyl sites for hydroxylation is 1. The van der Waals surface area contributed by atoms with Crippen LogP contribution in [0.15, 0.2) is 21.3 Å². The summed E-state index contributed by atoms with van der Waals surface area (Å²) in [5.74, 6) is 1.87. The van der Waals surface area contributed by atoms with Crippen molar-refractivity contribution in [1.29, 1.82) is 0 Å². The molecule has 0 amide bonds. The Balaban J connectivity index is 1.80. The molecule has 0 bridgehead atoms. The van der Waals surface area contributed by atoms with Gasteiger partial charge in [0.15, 0.2) is 5.76 Å².